The van der Waals surface area contributed by atoms with Gasteiger partial charge in [-0.15, -0.1) is 0 Å². The highest BCUT2D eigenvalue weighted by Crippen LogP contribution is 2.07. The minimum absolute atomic E-state index is 0.115. The number of hydrogen-bond donors (Lipinski definition) is 2. The van der Waals surface area contributed by atoms with Gasteiger partial charge in [0.1, 0.15) is 5.60 Å². The van der Waals surface area contributed by atoms with E-state index < -0.39 is 5.60 Å². The van der Waals surface area contributed by atoms with Gasteiger partial charge in [-0.05, 0) is 46.5 Å². The lowest BCUT2D eigenvalue weighted by Gasteiger charge is -2.24. The van der Waals surface area contributed by atoms with E-state index in [1.54, 1.807) is 0 Å². The average molecular weight is 272 g/mol. The first kappa shape index (κ1) is 18.2. The molecular weight excluding hydrogens is 240 g/mol. The summed E-state index contributed by atoms with van der Waals surface area (Å²) in [6.45, 7) is 15.1. The second kappa shape index (κ2) is 8.41. The van der Waals surface area contributed by atoms with Crippen molar-refractivity contribution in [1.82, 2.24) is 10.6 Å². The van der Waals surface area contributed by atoms with Gasteiger partial charge >= 0.3 is 6.09 Å². The number of rotatable bonds is 7. The number of carbonyl (C=O) groups excluding carboxylic acids is 1. The maximum Gasteiger partial charge on any atom is 0.407 e. The van der Waals surface area contributed by atoms with Crippen molar-refractivity contribution in [3.05, 3.63) is 0 Å². The van der Waals surface area contributed by atoms with Gasteiger partial charge in [-0.3, -0.25) is 0 Å². The summed E-state index contributed by atoms with van der Waals surface area (Å²) in [6, 6.07) is 0.582. The van der Waals surface area contributed by atoms with Gasteiger partial charge in [-0.1, -0.05) is 20.8 Å². The molecule has 0 aromatic rings. The van der Waals surface area contributed by atoms with Crippen LogP contribution >= 0.6 is 0 Å². The fraction of sp³-hybridized carbons (Fsp3) is 0.933. The zero-order valence-corrected chi connectivity index (χ0v) is 13.7. The van der Waals surface area contributed by atoms with E-state index >= 15 is 0 Å². The predicted octanol–water partition coefficient (Wildman–Crippen LogP) is 3.31. The van der Waals surface area contributed by atoms with Crippen molar-refractivity contribution in [3.8, 4) is 0 Å². The molecule has 0 saturated carbocycles. The molecule has 0 saturated heterocycles. The van der Waals surface area contributed by atoms with Crippen LogP contribution in [0.4, 0.5) is 4.79 Å². The summed E-state index contributed by atoms with van der Waals surface area (Å²) in [5.41, 5.74) is -0.444. The van der Waals surface area contributed by atoms with Gasteiger partial charge in [-0.2, -0.15) is 0 Å². The van der Waals surface area contributed by atoms with Gasteiger partial charge in [0.25, 0.3) is 0 Å². The van der Waals surface area contributed by atoms with Gasteiger partial charge in [0.15, 0.2) is 0 Å². The van der Waals surface area contributed by atoms with Crippen molar-refractivity contribution in [1.29, 1.82) is 0 Å². The maximum atomic E-state index is 11.7. The first-order valence-electron chi connectivity index (χ1n) is 7.37. The first-order valence-corrected chi connectivity index (χ1v) is 7.37. The third kappa shape index (κ3) is 10.8. The highest BCUT2D eigenvalue weighted by molar-refractivity contribution is 5.68. The second-order valence-electron chi connectivity index (χ2n) is 6.69. The lowest BCUT2D eigenvalue weighted by molar-refractivity contribution is 0.0501. The average Bonchev–Trinajstić information content (AvgIpc) is 2.20. The van der Waals surface area contributed by atoms with Crippen LogP contribution in [0.5, 0.6) is 0 Å². The van der Waals surface area contributed by atoms with Gasteiger partial charge in [-0.25, -0.2) is 4.79 Å². The molecule has 0 radical (unpaired) electrons. The van der Waals surface area contributed by atoms with Crippen LogP contribution in [0.3, 0.4) is 0 Å². The molecule has 0 aromatic heterocycles. The Morgan fingerprint density at radius 1 is 1.21 bits per heavy atom. The number of ether oxygens (including phenoxy) is 1. The van der Waals surface area contributed by atoms with Crippen LogP contribution in [0.1, 0.15) is 61.3 Å². The first-order chi connectivity index (χ1) is 8.64. The Morgan fingerprint density at radius 3 is 2.21 bits per heavy atom. The van der Waals surface area contributed by atoms with E-state index in [1.807, 2.05) is 20.8 Å². The molecule has 0 aliphatic carbocycles. The van der Waals surface area contributed by atoms with E-state index in [0.29, 0.717) is 12.0 Å². The molecule has 0 rings (SSSR count). The minimum atomic E-state index is -0.444. The summed E-state index contributed by atoms with van der Waals surface area (Å²) < 4.78 is 5.26. The molecule has 0 bridgehead atoms. The van der Waals surface area contributed by atoms with E-state index in [2.05, 4.69) is 38.3 Å². The quantitative estimate of drug-likeness (QED) is 0.747. The Labute approximate surface area is 118 Å². The lowest BCUT2D eigenvalue weighted by Crippen LogP contribution is -2.45. The van der Waals surface area contributed by atoms with Crippen LogP contribution in [-0.2, 0) is 4.74 Å². The maximum absolute atomic E-state index is 11.7. The van der Waals surface area contributed by atoms with E-state index in [0.717, 1.165) is 19.4 Å². The Balaban J connectivity index is 4.04. The lowest BCUT2D eigenvalue weighted by atomic mass is 10.0. The third-order valence-corrected chi connectivity index (χ3v) is 2.75. The monoisotopic (exact) mass is 272 g/mol. The van der Waals surface area contributed by atoms with Gasteiger partial charge in [0.05, 0.1) is 0 Å². The summed E-state index contributed by atoms with van der Waals surface area (Å²) in [5, 5.41) is 6.37. The number of carbonyl (C=O) groups is 1. The van der Waals surface area contributed by atoms with Crippen molar-refractivity contribution in [2.75, 3.05) is 6.54 Å². The van der Waals surface area contributed by atoms with Gasteiger partial charge in [0, 0.05) is 18.6 Å². The molecule has 0 aliphatic heterocycles. The smallest absolute Gasteiger partial charge is 0.407 e. The summed E-state index contributed by atoms with van der Waals surface area (Å²) in [4.78, 5) is 11.7. The predicted molar refractivity (Wildman–Crippen MR) is 80.4 cm³/mol. The molecule has 4 heteroatoms. The molecule has 2 atom stereocenters. The number of alkyl carbamates (subject to hydrolysis) is 1. The molecule has 0 aliphatic rings. The van der Waals surface area contributed by atoms with Gasteiger partial charge in [0.2, 0.25) is 0 Å². The highest BCUT2D eigenvalue weighted by atomic mass is 16.6. The SMILES string of the molecule is CCC(CNC(C)CC(C)C)NC(=O)OC(C)(C)C. The largest absolute Gasteiger partial charge is 0.444 e. The molecule has 1 amide bonds. The normalized spacial score (nSPS) is 15.2. The standard InChI is InChI=1S/C15H32N2O2/c1-8-13(10-16-12(4)9-11(2)3)17-14(18)19-15(5,6)7/h11-13,16H,8-10H2,1-7H3,(H,17,18). The zero-order chi connectivity index (χ0) is 15.1. The Bertz CT molecular complexity index is 259. The molecule has 2 N–H and O–H groups in total. The summed E-state index contributed by atoms with van der Waals surface area (Å²) >= 11 is 0. The molecule has 19 heavy (non-hydrogen) atoms. The van der Waals surface area contributed by atoms with E-state index in [-0.39, 0.29) is 12.1 Å². The topological polar surface area (TPSA) is 50.4 Å². The fourth-order valence-electron chi connectivity index (χ4n) is 1.91. The third-order valence-electron chi connectivity index (χ3n) is 2.75. The van der Waals surface area contributed by atoms with Crippen LogP contribution in [0.25, 0.3) is 0 Å². The van der Waals surface area contributed by atoms with Crippen molar-refractivity contribution in [2.24, 2.45) is 5.92 Å². The van der Waals surface area contributed by atoms with Crippen LogP contribution < -0.4 is 10.6 Å². The molecule has 4 nitrogen and oxygen atoms in total. The summed E-state index contributed by atoms with van der Waals surface area (Å²) in [5.74, 6) is 0.682. The van der Waals surface area contributed by atoms with Crippen molar-refractivity contribution in [2.45, 2.75) is 79.0 Å². The molecule has 2 unspecified atom stereocenters. The molecule has 0 fully saturated rings. The van der Waals surface area contributed by atoms with Gasteiger partial charge < -0.3 is 15.4 Å². The Hall–Kier alpha value is -0.770. The Kier molecular flexibility index (Phi) is 8.07. The summed E-state index contributed by atoms with van der Waals surface area (Å²) in [6.07, 6.45) is 1.70. The van der Waals surface area contributed by atoms with Crippen molar-refractivity contribution < 1.29 is 9.53 Å². The summed E-state index contributed by atoms with van der Waals surface area (Å²) in [7, 11) is 0. The fourth-order valence-corrected chi connectivity index (χ4v) is 1.91. The van der Waals surface area contributed by atoms with Crippen molar-refractivity contribution >= 4 is 6.09 Å². The molecular formula is C15H32N2O2. The molecule has 114 valence electrons. The molecule has 0 aromatic carbocycles. The molecule has 0 spiro atoms. The second-order valence-corrected chi connectivity index (χ2v) is 6.69. The van der Waals surface area contributed by atoms with E-state index in [1.165, 1.54) is 0 Å². The van der Waals surface area contributed by atoms with Crippen LogP contribution in [0.15, 0.2) is 0 Å². The van der Waals surface area contributed by atoms with Crippen LogP contribution in [0.2, 0.25) is 0 Å². The van der Waals surface area contributed by atoms with E-state index in [4.69, 9.17) is 4.74 Å². The zero-order valence-electron chi connectivity index (χ0n) is 13.7. The number of nitrogens with one attached hydrogen (secondary N) is 2. The van der Waals surface area contributed by atoms with Crippen molar-refractivity contribution in [3.63, 3.8) is 0 Å². The molecule has 0 heterocycles. The minimum Gasteiger partial charge on any atom is -0.444 e. The van der Waals surface area contributed by atoms with E-state index in [9.17, 15) is 4.79 Å². The van der Waals surface area contributed by atoms with Crippen LogP contribution in [0, 0.1) is 5.92 Å². The number of amides is 1. The highest BCUT2D eigenvalue weighted by Gasteiger charge is 2.19. The van der Waals surface area contributed by atoms with Crippen LogP contribution in [-0.4, -0.2) is 30.3 Å². The Morgan fingerprint density at radius 2 is 1.79 bits per heavy atom. The number of hydrogen-bond acceptors (Lipinski definition) is 3.